The van der Waals surface area contributed by atoms with Crippen LogP contribution in [0.2, 0.25) is 0 Å². The van der Waals surface area contributed by atoms with Gasteiger partial charge in [-0.1, -0.05) is 30.3 Å². The highest BCUT2D eigenvalue weighted by Gasteiger charge is 2.42. The molecule has 3 rings (SSSR count). The van der Waals surface area contributed by atoms with Crippen LogP contribution in [0.4, 0.5) is 4.79 Å². The Morgan fingerprint density at radius 1 is 1.08 bits per heavy atom. The van der Waals surface area contributed by atoms with E-state index in [-0.39, 0.29) is 12.3 Å². The topological polar surface area (TPSA) is 65.0 Å². The summed E-state index contributed by atoms with van der Waals surface area (Å²) in [5.74, 6) is 1.23. The van der Waals surface area contributed by atoms with Crippen molar-refractivity contribution >= 4 is 17.8 Å². The maximum absolute atomic E-state index is 12.0. The highest BCUT2D eigenvalue weighted by Crippen LogP contribution is 2.50. The second-order valence-corrected chi connectivity index (χ2v) is 6.63. The van der Waals surface area contributed by atoms with Crippen molar-refractivity contribution in [3.8, 4) is 0 Å². The van der Waals surface area contributed by atoms with Gasteiger partial charge in [-0.3, -0.25) is 0 Å². The van der Waals surface area contributed by atoms with Crippen molar-refractivity contribution in [2.24, 2.45) is 22.7 Å². The molecular weight excluding hydrogens is 306 g/mol. The van der Waals surface area contributed by atoms with Gasteiger partial charge in [0.2, 0.25) is 0 Å². The number of carbonyl (C=O) groups is 2. The predicted molar refractivity (Wildman–Crippen MR) is 89.6 cm³/mol. The number of benzene rings is 1. The first-order valence-electron chi connectivity index (χ1n) is 8.54. The number of rotatable bonds is 5. The summed E-state index contributed by atoms with van der Waals surface area (Å²) in [6.07, 6.45) is 4.68. The molecule has 2 saturated carbocycles. The third-order valence-electron chi connectivity index (χ3n) is 5.31. The average Bonchev–Trinajstić information content (AvgIpc) is 3.19. The summed E-state index contributed by atoms with van der Waals surface area (Å²) in [4.78, 5) is 27.9. The zero-order valence-electron chi connectivity index (χ0n) is 13.9. The van der Waals surface area contributed by atoms with E-state index >= 15 is 0 Å². The molecule has 0 aromatic heterocycles. The van der Waals surface area contributed by atoms with E-state index in [9.17, 15) is 9.59 Å². The van der Waals surface area contributed by atoms with E-state index in [1.54, 1.807) is 0 Å². The monoisotopic (exact) mass is 329 g/mol. The van der Waals surface area contributed by atoms with Gasteiger partial charge in [0.15, 0.2) is 0 Å². The number of ether oxygens (including phenoxy) is 2. The Hall–Kier alpha value is -2.17. The van der Waals surface area contributed by atoms with Crippen molar-refractivity contribution in [1.29, 1.82) is 0 Å². The summed E-state index contributed by atoms with van der Waals surface area (Å²) < 4.78 is 9.95. The van der Waals surface area contributed by atoms with Crippen LogP contribution in [0.15, 0.2) is 35.3 Å². The minimum absolute atomic E-state index is 0.145. The molecule has 0 spiro atoms. The lowest BCUT2D eigenvalue weighted by molar-refractivity contribution is -0.132. The van der Waals surface area contributed by atoms with E-state index < -0.39 is 12.1 Å². The summed E-state index contributed by atoms with van der Waals surface area (Å²) >= 11 is 0. The molecule has 1 amide bonds. The molecule has 2 bridgehead atoms. The predicted octanol–water partition coefficient (Wildman–Crippen LogP) is 3.76. The van der Waals surface area contributed by atoms with Crippen LogP contribution < -0.4 is 0 Å². The summed E-state index contributed by atoms with van der Waals surface area (Å²) in [5.41, 5.74) is 1.08. The second-order valence-electron chi connectivity index (χ2n) is 6.63. The van der Waals surface area contributed by atoms with E-state index in [0.29, 0.717) is 24.2 Å². The summed E-state index contributed by atoms with van der Waals surface area (Å²) in [6.45, 7) is 0.145. The van der Waals surface area contributed by atoms with Crippen LogP contribution >= 0.6 is 0 Å². The van der Waals surface area contributed by atoms with Crippen molar-refractivity contribution < 1.29 is 19.1 Å². The highest BCUT2D eigenvalue weighted by atomic mass is 16.5. The van der Waals surface area contributed by atoms with Gasteiger partial charge in [0.25, 0.3) is 0 Å². The van der Waals surface area contributed by atoms with Gasteiger partial charge in [-0.2, -0.15) is 4.99 Å². The number of methoxy groups -OCH3 is 1. The van der Waals surface area contributed by atoms with Crippen LogP contribution in [-0.2, 0) is 20.9 Å². The van der Waals surface area contributed by atoms with Crippen LogP contribution in [0.1, 0.15) is 37.7 Å². The van der Waals surface area contributed by atoms with Gasteiger partial charge in [0.1, 0.15) is 12.3 Å². The molecule has 0 radical (unpaired) electrons. The molecule has 0 aliphatic heterocycles. The van der Waals surface area contributed by atoms with E-state index in [1.165, 1.54) is 32.8 Å². The lowest BCUT2D eigenvalue weighted by atomic mass is 9.91. The molecule has 1 aromatic carbocycles. The third kappa shape index (κ3) is 3.83. The molecule has 5 nitrogen and oxygen atoms in total. The lowest BCUT2D eigenvalue weighted by Gasteiger charge is -2.15. The normalized spacial score (nSPS) is 25.5. The number of hydrogen-bond acceptors (Lipinski definition) is 4. The van der Waals surface area contributed by atoms with Gasteiger partial charge >= 0.3 is 12.1 Å². The first-order valence-corrected chi connectivity index (χ1v) is 8.54. The Morgan fingerprint density at radius 3 is 2.29 bits per heavy atom. The summed E-state index contributed by atoms with van der Waals surface area (Å²) in [6, 6.07) is 9.39. The Labute approximate surface area is 142 Å². The van der Waals surface area contributed by atoms with Gasteiger partial charge in [-0.15, -0.1) is 0 Å². The molecule has 0 atom stereocenters. The molecule has 0 N–H and O–H groups in total. The molecule has 0 heterocycles. The zero-order valence-corrected chi connectivity index (χ0v) is 13.9. The number of aliphatic imine (C=N–C) groups is 1. The molecule has 24 heavy (non-hydrogen) atoms. The standard InChI is InChI=1S/C19H23NO4/c1-23-18(21)17(11-16-14-7-8-15(16)10-9-14)20-19(22)24-12-13-5-3-2-4-6-13/h2-6,14-16H,7-12H2,1H3. The second kappa shape index (κ2) is 7.60. The average molecular weight is 329 g/mol. The van der Waals surface area contributed by atoms with Crippen molar-refractivity contribution in [3.63, 3.8) is 0 Å². The smallest absolute Gasteiger partial charge is 0.434 e. The molecule has 2 aliphatic carbocycles. The fourth-order valence-corrected chi connectivity index (χ4v) is 4.10. The molecule has 2 aliphatic rings. The largest absolute Gasteiger partial charge is 0.465 e. The molecule has 1 aromatic rings. The first kappa shape index (κ1) is 16.7. The summed E-state index contributed by atoms with van der Waals surface area (Å²) in [5, 5.41) is 0. The number of esters is 1. The molecule has 0 unspecified atom stereocenters. The molecule has 128 valence electrons. The molecule has 2 fully saturated rings. The molecule has 0 saturated heterocycles. The van der Waals surface area contributed by atoms with Gasteiger partial charge in [0, 0.05) is 6.42 Å². The Kier molecular flexibility index (Phi) is 5.28. The quantitative estimate of drug-likeness (QED) is 0.609. The van der Waals surface area contributed by atoms with Gasteiger partial charge in [-0.05, 0) is 49.0 Å². The van der Waals surface area contributed by atoms with Gasteiger partial charge in [-0.25, -0.2) is 9.59 Å². The number of amides is 1. The van der Waals surface area contributed by atoms with Crippen molar-refractivity contribution in [3.05, 3.63) is 35.9 Å². The van der Waals surface area contributed by atoms with E-state index in [2.05, 4.69) is 4.99 Å². The summed E-state index contributed by atoms with van der Waals surface area (Å²) in [7, 11) is 1.32. The molecule has 5 heteroatoms. The fraction of sp³-hybridized carbons (Fsp3) is 0.526. The van der Waals surface area contributed by atoms with Gasteiger partial charge in [0.05, 0.1) is 7.11 Å². The first-order chi connectivity index (χ1) is 11.7. The number of hydrogen-bond donors (Lipinski definition) is 0. The zero-order chi connectivity index (χ0) is 16.9. The van der Waals surface area contributed by atoms with Gasteiger partial charge < -0.3 is 9.47 Å². The molecular formula is C19H23NO4. The number of fused-ring (bicyclic) bond motifs is 2. The van der Waals surface area contributed by atoms with Crippen LogP contribution in [0.5, 0.6) is 0 Å². The van der Waals surface area contributed by atoms with E-state index in [1.807, 2.05) is 30.3 Å². The minimum Gasteiger partial charge on any atom is -0.465 e. The van der Waals surface area contributed by atoms with Crippen molar-refractivity contribution in [1.82, 2.24) is 0 Å². The number of carbonyl (C=O) groups excluding carboxylic acids is 2. The van der Waals surface area contributed by atoms with Crippen LogP contribution in [0, 0.1) is 17.8 Å². The third-order valence-corrected chi connectivity index (χ3v) is 5.31. The maximum Gasteiger partial charge on any atom is 0.434 e. The van der Waals surface area contributed by atoms with Crippen molar-refractivity contribution in [2.45, 2.75) is 38.7 Å². The Balaban J connectivity index is 1.63. The van der Waals surface area contributed by atoms with Crippen LogP contribution in [-0.4, -0.2) is 24.9 Å². The highest BCUT2D eigenvalue weighted by molar-refractivity contribution is 6.37. The fourth-order valence-electron chi connectivity index (χ4n) is 4.10. The van der Waals surface area contributed by atoms with E-state index in [4.69, 9.17) is 9.47 Å². The van der Waals surface area contributed by atoms with Crippen LogP contribution in [0.25, 0.3) is 0 Å². The number of nitrogens with zero attached hydrogens (tertiary/aromatic N) is 1. The maximum atomic E-state index is 12.0. The Morgan fingerprint density at radius 2 is 1.71 bits per heavy atom. The van der Waals surface area contributed by atoms with Crippen molar-refractivity contribution in [2.75, 3.05) is 7.11 Å². The van der Waals surface area contributed by atoms with Crippen LogP contribution in [0.3, 0.4) is 0 Å². The minimum atomic E-state index is -0.732. The lowest BCUT2D eigenvalue weighted by Crippen LogP contribution is -2.23. The Bertz CT molecular complexity index is 606. The SMILES string of the molecule is COC(=O)C(CC1C2CCC1CC2)=NC(=O)OCc1ccccc1. The van der Waals surface area contributed by atoms with E-state index in [0.717, 1.165) is 5.56 Å².